The molecule has 31 heavy (non-hydrogen) atoms. The Balaban J connectivity index is 1.37. The van der Waals surface area contributed by atoms with Gasteiger partial charge in [-0.2, -0.15) is 4.31 Å². The predicted molar refractivity (Wildman–Crippen MR) is 115 cm³/mol. The molecule has 1 saturated heterocycles. The van der Waals surface area contributed by atoms with Gasteiger partial charge >= 0.3 is 0 Å². The van der Waals surface area contributed by atoms with E-state index in [-0.39, 0.29) is 17.2 Å². The molecule has 1 aliphatic rings. The van der Waals surface area contributed by atoms with Crippen LogP contribution in [0.4, 0.5) is 5.69 Å². The highest BCUT2D eigenvalue weighted by atomic mass is 32.2. The molecule has 2 heterocycles. The molecule has 0 saturated carbocycles. The second-order valence-corrected chi connectivity index (χ2v) is 9.72. The first-order chi connectivity index (χ1) is 14.9. The van der Waals surface area contributed by atoms with E-state index < -0.39 is 10.0 Å². The molecule has 1 N–H and O–H groups in total. The number of carbonyl (C=O) groups is 1. The van der Waals surface area contributed by atoms with Gasteiger partial charge in [-0.05, 0) is 71.1 Å². The standard InChI is InChI=1S/C21H24N6O3S/c1-16-3-2-12-26(14-16)31(29,30)20-10-6-18(7-11-20)23-21(28)13-17-4-8-19(9-5-17)27-15-22-24-25-27/h4-11,15-16H,2-3,12-14H2,1H3,(H,23,28). The van der Waals surface area contributed by atoms with Crippen molar-refractivity contribution < 1.29 is 13.2 Å². The highest BCUT2D eigenvalue weighted by Gasteiger charge is 2.28. The van der Waals surface area contributed by atoms with E-state index in [0.29, 0.717) is 24.7 Å². The highest BCUT2D eigenvalue weighted by molar-refractivity contribution is 7.89. The molecular formula is C21H24N6O3S. The summed E-state index contributed by atoms with van der Waals surface area (Å²) in [6.45, 7) is 3.17. The molecular weight excluding hydrogens is 416 g/mol. The third-order valence-corrected chi connectivity index (χ3v) is 7.19. The van der Waals surface area contributed by atoms with E-state index in [0.717, 1.165) is 24.1 Å². The zero-order chi connectivity index (χ0) is 21.8. The molecule has 0 bridgehead atoms. The minimum absolute atomic E-state index is 0.185. The Kier molecular flexibility index (Phi) is 6.10. The van der Waals surface area contributed by atoms with Gasteiger partial charge < -0.3 is 5.32 Å². The van der Waals surface area contributed by atoms with Gasteiger partial charge in [-0.15, -0.1) is 5.10 Å². The van der Waals surface area contributed by atoms with Crippen molar-refractivity contribution in [2.75, 3.05) is 18.4 Å². The van der Waals surface area contributed by atoms with E-state index in [1.807, 2.05) is 24.3 Å². The summed E-state index contributed by atoms with van der Waals surface area (Å²) < 4.78 is 28.8. The van der Waals surface area contributed by atoms with Crippen molar-refractivity contribution >= 4 is 21.6 Å². The molecule has 1 fully saturated rings. The number of aromatic nitrogens is 4. The van der Waals surface area contributed by atoms with E-state index in [1.54, 1.807) is 28.6 Å². The molecule has 162 valence electrons. The summed E-state index contributed by atoms with van der Waals surface area (Å²) in [6.07, 6.45) is 3.63. The Labute approximate surface area is 181 Å². The maximum Gasteiger partial charge on any atom is 0.243 e. The third kappa shape index (κ3) is 4.97. The van der Waals surface area contributed by atoms with Crippen LogP contribution in [0.15, 0.2) is 59.8 Å². The molecule has 1 aromatic heterocycles. The van der Waals surface area contributed by atoms with E-state index in [2.05, 4.69) is 27.8 Å². The van der Waals surface area contributed by atoms with Crippen LogP contribution >= 0.6 is 0 Å². The fourth-order valence-corrected chi connectivity index (χ4v) is 5.26. The SMILES string of the molecule is CC1CCCN(S(=O)(=O)c2ccc(NC(=O)Cc3ccc(-n4cnnn4)cc3)cc2)C1. The van der Waals surface area contributed by atoms with E-state index in [1.165, 1.54) is 11.0 Å². The summed E-state index contributed by atoms with van der Waals surface area (Å²) in [4.78, 5) is 12.6. The van der Waals surface area contributed by atoms with Crippen LogP contribution in [-0.2, 0) is 21.2 Å². The number of piperidine rings is 1. The second kappa shape index (κ2) is 8.94. The van der Waals surface area contributed by atoms with E-state index >= 15 is 0 Å². The van der Waals surface area contributed by atoms with Gasteiger partial charge in [0.2, 0.25) is 15.9 Å². The molecule has 0 spiro atoms. The number of anilines is 1. The van der Waals surface area contributed by atoms with Gasteiger partial charge in [0, 0.05) is 18.8 Å². The van der Waals surface area contributed by atoms with Crippen molar-refractivity contribution in [1.29, 1.82) is 0 Å². The Morgan fingerprint density at radius 1 is 1.13 bits per heavy atom. The minimum Gasteiger partial charge on any atom is -0.326 e. The van der Waals surface area contributed by atoms with Gasteiger partial charge in [-0.25, -0.2) is 13.1 Å². The molecule has 1 aliphatic heterocycles. The number of tetrazole rings is 1. The normalized spacial score (nSPS) is 17.4. The number of hydrogen-bond acceptors (Lipinski definition) is 6. The maximum atomic E-state index is 12.8. The lowest BCUT2D eigenvalue weighted by Crippen LogP contribution is -2.39. The van der Waals surface area contributed by atoms with Gasteiger partial charge in [0.15, 0.2) is 0 Å². The van der Waals surface area contributed by atoms with Crippen LogP contribution in [0.2, 0.25) is 0 Å². The summed E-state index contributed by atoms with van der Waals surface area (Å²) in [7, 11) is -3.51. The van der Waals surface area contributed by atoms with Crippen LogP contribution in [0.25, 0.3) is 5.69 Å². The quantitative estimate of drug-likeness (QED) is 0.630. The number of amides is 1. The number of nitrogens with zero attached hydrogens (tertiary/aromatic N) is 5. The summed E-state index contributed by atoms with van der Waals surface area (Å²) in [5.74, 6) is 0.180. The first-order valence-corrected chi connectivity index (χ1v) is 11.6. The number of nitrogens with one attached hydrogen (secondary N) is 1. The molecule has 0 radical (unpaired) electrons. The van der Waals surface area contributed by atoms with Crippen LogP contribution in [0.5, 0.6) is 0 Å². The van der Waals surface area contributed by atoms with Crippen LogP contribution in [0, 0.1) is 5.92 Å². The Morgan fingerprint density at radius 2 is 1.87 bits per heavy atom. The van der Waals surface area contributed by atoms with Crippen molar-refractivity contribution in [2.45, 2.75) is 31.1 Å². The predicted octanol–water partition coefficient (Wildman–Crippen LogP) is 2.26. The highest BCUT2D eigenvalue weighted by Crippen LogP contribution is 2.24. The monoisotopic (exact) mass is 440 g/mol. The largest absolute Gasteiger partial charge is 0.326 e. The summed E-state index contributed by atoms with van der Waals surface area (Å²) >= 11 is 0. The van der Waals surface area contributed by atoms with Gasteiger partial charge in [-0.1, -0.05) is 19.1 Å². The lowest BCUT2D eigenvalue weighted by atomic mass is 10.0. The molecule has 9 nitrogen and oxygen atoms in total. The second-order valence-electron chi connectivity index (χ2n) is 7.78. The lowest BCUT2D eigenvalue weighted by molar-refractivity contribution is -0.115. The van der Waals surface area contributed by atoms with Crippen LogP contribution in [0.1, 0.15) is 25.3 Å². The Bertz CT molecular complexity index is 1130. The molecule has 0 aliphatic carbocycles. The minimum atomic E-state index is -3.51. The van der Waals surface area contributed by atoms with Crippen molar-refractivity contribution in [1.82, 2.24) is 24.5 Å². The van der Waals surface area contributed by atoms with Crippen molar-refractivity contribution in [3.8, 4) is 5.69 Å². The molecule has 10 heteroatoms. The lowest BCUT2D eigenvalue weighted by Gasteiger charge is -2.30. The average Bonchev–Trinajstić information content (AvgIpc) is 3.29. The summed E-state index contributed by atoms with van der Waals surface area (Å²) in [5, 5.41) is 13.8. The summed E-state index contributed by atoms with van der Waals surface area (Å²) in [5.41, 5.74) is 2.20. The van der Waals surface area contributed by atoms with E-state index in [9.17, 15) is 13.2 Å². The van der Waals surface area contributed by atoms with Crippen LogP contribution in [0.3, 0.4) is 0 Å². The number of hydrogen-bond donors (Lipinski definition) is 1. The Morgan fingerprint density at radius 3 is 2.52 bits per heavy atom. The molecule has 1 amide bonds. The average molecular weight is 441 g/mol. The van der Waals surface area contributed by atoms with Crippen molar-refractivity contribution in [2.24, 2.45) is 5.92 Å². The van der Waals surface area contributed by atoms with Gasteiger partial charge in [0.25, 0.3) is 0 Å². The Hall–Kier alpha value is -3.11. The fraction of sp³-hybridized carbons (Fsp3) is 0.333. The van der Waals surface area contributed by atoms with Crippen LogP contribution < -0.4 is 5.32 Å². The molecule has 2 aromatic carbocycles. The van der Waals surface area contributed by atoms with Crippen molar-refractivity contribution in [3.63, 3.8) is 0 Å². The van der Waals surface area contributed by atoms with Gasteiger partial charge in [-0.3, -0.25) is 4.79 Å². The van der Waals surface area contributed by atoms with Gasteiger partial charge in [0.1, 0.15) is 6.33 Å². The number of carbonyl (C=O) groups excluding carboxylic acids is 1. The third-order valence-electron chi connectivity index (χ3n) is 5.31. The molecule has 4 rings (SSSR count). The first-order valence-electron chi connectivity index (χ1n) is 10.1. The fourth-order valence-electron chi connectivity index (χ4n) is 3.66. The molecule has 1 unspecified atom stereocenters. The first kappa shape index (κ1) is 21.1. The van der Waals surface area contributed by atoms with E-state index in [4.69, 9.17) is 0 Å². The zero-order valence-electron chi connectivity index (χ0n) is 17.2. The molecule has 1 atom stereocenters. The smallest absolute Gasteiger partial charge is 0.243 e. The van der Waals surface area contributed by atoms with Gasteiger partial charge in [0.05, 0.1) is 17.0 Å². The van der Waals surface area contributed by atoms with Crippen molar-refractivity contribution in [3.05, 3.63) is 60.4 Å². The molecule has 3 aromatic rings. The zero-order valence-corrected chi connectivity index (χ0v) is 18.0. The van der Waals surface area contributed by atoms with Crippen LogP contribution in [-0.4, -0.2) is 51.9 Å². The number of benzene rings is 2. The maximum absolute atomic E-state index is 12.8. The number of rotatable bonds is 6. The topological polar surface area (TPSA) is 110 Å². The summed E-state index contributed by atoms with van der Waals surface area (Å²) in [6, 6.07) is 13.7. The number of sulfonamides is 1.